The molecule has 2 aromatic rings. The van der Waals surface area contributed by atoms with Crippen LogP contribution >= 0.6 is 0 Å². The SMILES string of the molecule is CCOc1ccc(C(=O)N(C)CC2OCCc3ccccc32)cc1. The van der Waals surface area contributed by atoms with E-state index < -0.39 is 0 Å². The molecule has 3 rings (SSSR count). The molecule has 1 amide bonds. The number of carbonyl (C=O) groups excluding carboxylic acids is 1. The van der Waals surface area contributed by atoms with Crippen molar-refractivity contribution in [3.8, 4) is 5.75 Å². The van der Waals surface area contributed by atoms with Gasteiger partial charge in [0.15, 0.2) is 0 Å². The normalized spacial score (nSPS) is 16.3. The zero-order chi connectivity index (χ0) is 16.9. The van der Waals surface area contributed by atoms with Crippen LogP contribution < -0.4 is 4.74 Å². The van der Waals surface area contributed by atoms with Gasteiger partial charge < -0.3 is 14.4 Å². The van der Waals surface area contributed by atoms with Gasteiger partial charge in [-0.1, -0.05) is 24.3 Å². The molecule has 1 aliphatic rings. The van der Waals surface area contributed by atoms with E-state index >= 15 is 0 Å². The van der Waals surface area contributed by atoms with Crippen LogP contribution in [-0.4, -0.2) is 37.6 Å². The standard InChI is InChI=1S/C20H23NO3/c1-3-23-17-10-8-16(9-11-17)20(22)21(2)14-19-18-7-5-4-6-15(18)12-13-24-19/h4-11,19H,3,12-14H2,1-2H3. The van der Waals surface area contributed by atoms with Gasteiger partial charge in [-0.2, -0.15) is 0 Å². The number of amides is 1. The number of likely N-dealkylation sites (N-methyl/N-ethyl adjacent to an activating group) is 1. The van der Waals surface area contributed by atoms with Gasteiger partial charge >= 0.3 is 0 Å². The third kappa shape index (κ3) is 3.60. The molecule has 0 N–H and O–H groups in total. The highest BCUT2D eigenvalue weighted by atomic mass is 16.5. The van der Waals surface area contributed by atoms with Crippen molar-refractivity contribution >= 4 is 5.91 Å². The lowest BCUT2D eigenvalue weighted by atomic mass is 9.97. The number of rotatable bonds is 5. The first-order valence-electron chi connectivity index (χ1n) is 8.36. The Kier molecular flexibility index (Phi) is 5.16. The molecule has 1 unspecified atom stereocenters. The van der Waals surface area contributed by atoms with Crippen molar-refractivity contribution in [1.82, 2.24) is 4.90 Å². The molecule has 1 aliphatic heterocycles. The minimum absolute atomic E-state index is 0.00953. The van der Waals surface area contributed by atoms with E-state index in [-0.39, 0.29) is 12.0 Å². The van der Waals surface area contributed by atoms with E-state index in [9.17, 15) is 4.79 Å². The Morgan fingerprint density at radius 3 is 2.71 bits per heavy atom. The molecule has 0 aliphatic carbocycles. The van der Waals surface area contributed by atoms with Crippen molar-refractivity contribution in [3.63, 3.8) is 0 Å². The van der Waals surface area contributed by atoms with E-state index in [1.807, 2.05) is 32.2 Å². The Morgan fingerprint density at radius 1 is 1.21 bits per heavy atom. The van der Waals surface area contributed by atoms with Gasteiger partial charge in [0.05, 0.1) is 19.8 Å². The number of fused-ring (bicyclic) bond motifs is 1. The van der Waals surface area contributed by atoms with Gasteiger partial charge in [-0.15, -0.1) is 0 Å². The number of nitrogens with zero attached hydrogens (tertiary/aromatic N) is 1. The number of ether oxygens (including phenoxy) is 2. The summed E-state index contributed by atoms with van der Waals surface area (Å²) in [4.78, 5) is 14.4. The molecule has 0 saturated carbocycles. The van der Waals surface area contributed by atoms with Gasteiger partial charge in [0.2, 0.25) is 0 Å². The number of hydrogen-bond acceptors (Lipinski definition) is 3. The van der Waals surface area contributed by atoms with Crippen LogP contribution in [0.4, 0.5) is 0 Å². The lowest BCUT2D eigenvalue weighted by molar-refractivity contribution is 0.0200. The van der Waals surface area contributed by atoms with Gasteiger partial charge in [0.1, 0.15) is 11.9 Å². The van der Waals surface area contributed by atoms with Gasteiger partial charge in [-0.25, -0.2) is 0 Å². The Labute approximate surface area is 143 Å². The van der Waals surface area contributed by atoms with E-state index in [1.165, 1.54) is 11.1 Å². The lowest BCUT2D eigenvalue weighted by Gasteiger charge is -2.29. The molecule has 0 fully saturated rings. The first kappa shape index (κ1) is 16.5. The number of benzene rings is 2. The van der Waals surface area contributed by atoms with Crippen molar-refractivity contribution in [2.45, 2.75) is 19.4 Å². The first-order valence-corrected chi connectivity index (χ1v) is 8.36. The third-order valence-corrected chi connectivity index (χ3v) is 4.29. The Morgan fingerprint density at radius 2 is 1.96 bits per heavy atom. The fourth-order valence-corrected chi connectivity index (χ4v) is 3.04. The van der Waals surface area contributed by atoms with Crippen molar-refractivity contribution in [2.75, 3.05) is 26.8 Å². The van der Waals surface area contributed by atoms with Crippen molar-refractivity contribution in [3.05, 3.63) is 65.2 Å². The minimum atomic E-state index is -0.0633. The second-order valence-electron chi connectivity index (χ2n) is 5.95. The van der Waals surface area contributed by atoms with E-state index in [1.54, 1.807) is 17.0 Å². The van der Waals surface area contributed by atoms with Crippen LogP contribution in [-0.2, 0) is 11.2 Å². The van der Waals surface area contributed by atoms with Crippen LogP contribution in [0.15, 0.2) is 48.5 Å². The van der Waals surface area contributed by atoms with Crippen LogP contribution in [0.1, 0.15) is 34.5 Å². The molecule has 1 atom stereocenters. The highest BCUT2D eigenvalue weighted by Gasteiger charge is 2.24. The Hall–Kier alpha value is -2.33. The molecule has 0 bridgehead atoms. The summed E-state index contributed by atoms with van der Waals surface area (Å²) < 4.78 is 11.3. The summed E-state index contributed by atoms with van der Waals surface area (Å²) in [6, 6.07) is 15.6. The monoisotopic (exact) mass is 325 g/mol. The van der Waals surface area contributed by atoms with E-state index in [4.69, 9.17) is 9.47 Å². The van der Waals surface area contributed by atoms with E-state index in [0.29, 0.717) is 25.3 Å². The zero-order valence-electron chi connectivity index (χ0n) is 14.2. The molecule has 126 valence electrons. The minimum Gasteiger partial charge on any atom is -0.494 e. The highest BCUT2D eigenvalue weighted by Crippen LogP contribution is 2.27. The molecule has 2 aromatic carbocycles. The lowest BCUT2D eigenvalue weighted by Crippen LogP contribution is -2.33. The maximum absolute atomic E-state index is 12.6. The summed E-state index contributed by atoms with van der Waals surface area (Å²) in [5, 5.41) is 0. The zero-order valence-corrected chi connectivity index (χ0v) is 14.2. The predicted octanol–water partition coefficient (Wildman–Crippen LogP) is 3.47. The summed E-state index contributed by atoms with van der Waals surface area (Å²) in [6.45, 7) is 3.80. The maximum atomic E-state index is 12.6. The molecule has 0 aromatic heterocycles. The summed E-state index contributed by atoms with van der Waals surface area (Å²) in [6.07, 6.45) is 0.870. The molecule has 4 nitrogen and oxygen atoms in total. The summed E-state index contributed by atoms with van der Waals surface area (Å²) in [5.41, 5.74) is 3.16. The van der Waals surface area contributed by atoms with Gasteiger partial charge in [-0.3, -0.25) is 4.79 Å². The maximum Gasteiger partial charge on any atom is 0.253 e. The predicted molar refractivity (Wildman–Crippen MR) is 93.4 cm³/mol. The molecular weight excluding hydrogens is 302 g/mol. The van der Waals surface area contributed by atoms with Crippen LogP contribution in [0.2, 0.25) is 0 Å². The second kappa shape index (κ2) is 7.49. The molecule has 0 saturated heterocycles. The van der Waals surface area contributed by atoms with Crippen LogP contribution in [0, 0.1) is 0 Å². The average Bonchev–Trinajstić information content (AvgIpc) is 2.62. The third-order valence-electron chi connectivity index (χ3n) is 4.29. The molecule has 24 heavy (non-hydrogen) atoms. The molecule has 1 heterocycles. The van der Waals surface area contributed by atoms with Crippen molar-refractivity contribution in [1.29, 1.82) is 0 Å². The second-order valence-corrected chi connectivity index (χ2v) is 5.95. The van der Waals surface area contributed by atoms with E-state index in [2.05, 4.69) is 18.2 Å². The van der Waals surface area contributed by atoms with Crippen molar-refractivity contribution in [2.24, 2.45) is 0 Å². The largest absolute Gasteiger partial charge is 0.494 e. The van der Waals surface area contributed by atoms with E-state index in [0.717, 1.165) is 12.2 Å². The molecular formula is C20H23NO3. The van der Waals surface area contributed by atoms with Crippen molar-refractivity contribution < 1.29 is 14.3 Å². The van der Waals surface area contributed by atoms with Gasteiger partial charge in [-0.05, 0) is 48.7 Å². The van der Waals surface area contributed by atoms with Crippen LogP contribution in [0.5, 0.6) is 5.75 Å². The molecule has 0 radical (unpaired) electrons. The van der Waals surface area contributed by atoms with Crippen LogP contribution in [0.3, 0.4) is 0 Å². The highest BCUT2D eigenvalue weighted by molar-refractivity contribution is 5.94. The summed E-state index contributed by atoms with van der Waals surface area (Å²) in [7, 11) is 1.82. The molecule has 4 heteroatoms. The fourth-order valence-electron chi connectivity index (χ4n) is 3.04. The van der Waals surface area contributed by atoms with Gasteiger partial charge in [0.25, 0.3) is 5.91 Å². The average molecular weight is 325 g/mol. The van der Waals surface area contributed by atoms with Crippen LogP contribution in [0.25, 0.3) is 0 Å². The van der Waals surface area contributed by atoms with Gasteiger partial charge in [0, 0.05) is 12.6 Å². The topological polar surface area (TPSA) is 38.8 Å². The number of hydrogen-bond donors (Lipinski definition) is 0. The Bertz CT molecular complexity index is 696. The first-order chi connectivity index (χ1) is 11.7. The summed E-state index contributed by atoms with van der Waals surface area (Å²) >= 11 is 0. The smallest absolute Gasteiger partial charge is 0.253 e. The number of carbonyl (C=O) groups is 1. The Balaban J connectivity index is 1.68. The summed E-state index contributed by atoms with van der Waals surface area (Å²) in [5.74, 6) is 0.769. The molecule has 0 spiro atoms. The fraction of sp³-hybridized carbons (Fsp3) is 0.350. The quantitative estimate of drug-likeness (QED) is 0.845.